The predicted octanol–water partition coefficient (Wildman–Crippen LogP) is 7.04. The number of ether oxygens (including phenoxy) is 2. The fourth-order valence-corrected chi connectivity index (χ4v) is 4.16. The van der Waals surface area contributed by atoms with Crippen molar-refractivity contribution < 1.29 is 24.2 Å². The van der Waals surface area contributed by atoms with Crippen LogP contribution in [0.15, 0.2) is 83.4 Å². The molecule has 0 aliphatic heterocycles. The van der Waals surface area contributed by atoms with Crippen molar-refractivity contribution in [2.24, 2.45) is 5.41 Å². The standard InChI is InChI=1S/C29H32BrN3O5/c1-29(2,17-7-6-10-26(35)33-23-9-5-4-8-22(23)31)27(19-11-16-25(37-3)24(34)18-19)38-28(36)32-21-14-12-20(30)13-15-21/h4-6,8-16,18,27,34H,7,17,31H2,1-3H3,(H,32,36)(H,33,35)/b10-6+/t27-/m1/s1. The van der Waals surface area contributed by atoms with Crippen molar-refractivity contribution in [3.05, 3.63) is 88.9 Å². The van der Waals surface area contributed by atoms with Gasteiger partial charge in [0, 0.05) is 15.6 Å². The number of halogens is 1. The van der Waals surface area contributed by atoms with Crippen molar-refractivity contribution in [1.82, 2.24) is 0 Å². The van der Waals surface area contributed by atoms with Crippen molar-refractivity contribution in [3.8, 4) is 11.5 Å². The van der Waals surface area contributed by atoms with E-state index in [0.29, 0.717) is 41.2 Å². The van der Waals surface area contributed by atoms with Crippen LogP contribution in [0.2, 0.25) is 0 Å². The minimum Gasteiger partial charge on any atom is -0.504 e. The number of methoxy groups -OCH3 is 1. The van der Waals surface area contributed by atoms with E-state index in [4.69, 9.17) is 15.2 Å². The van der Waals surface area contributed by atoms with Crippen LogP contribution in [0.3, 0.4) is 0 Å². The molecule has 0 aliphatic rings. The summed E-state index contributed by atoms with van der Waals surface area (Å²) in [6.07, 6.45) is 3.00. The van der Waals surface area contributed by atoms with E-state index in [0.717, 1.165) is 4.47 Å². The van der Waals surface area contributed by atoms with Crippen molar-refractivity contribution >= 4 is 45.0 Å². The summed E-state index contributed by atoms with van der Waals surface area (Å²) in [5.41, 5.74) is 7.54. The second-order valence-electron chi connectivity index (χ2n) is 9.35. The molecule has 0 spiro atoms. The van der Waals surface area contributed by atoms with Gasteiger partial charge in [0.15, 0.2) is 11.5 Å². The Morgan fingerprint density at radius 3 is 2.45 bits per heavy atom. The van der Waals surface area contributed by atoms with Gasteiger partial charge in [0.2, 0.25) is 5.91 Å². The van der Waals surface area contributed by atoms with Crippen molar-refractivity contribution in [1.29, 1.82) is 0 Å². The molecule has 8 nitrogen and oxygen atoms in total. The van der Waals surface area contributed by atoms with Crippen LogP contribution in [-0.2, 0) is 9.53 Å². The number of nitrogens with one attached hydrogen (secondary N) is 2. The number of allylic oxidation sites excluding steroid dienone is 1. The number of carbonyl (C=O) groups excluding carboxylic acids is 2. The minimum atomic E-state index is -0.707. The fraction of sp³-hybridized carbons (Fsp3) is 0.241. The first-order valence-electron chi connectivity index (χ1n) is 12.0. The lowest BCUT2D eigenvalue weighted by atomic mass is 9.78. The largest absolute Gasteiger partial charge is 0.504 e. The van der Waals surface area contributed by atoms with Crippen molar-refractivity contribution in [3.63, 3.8) is 0 Å². The number of anilines is 3. The number of nitrogen functional groups attached to an aromatic ring is 1. The van der Waals surface area contributed by atoms with Gasteiger partial charge in [-0.05, 0) is 73.0 Å². The Bertz CT molecular complexity index is 1290. The summed E-state index contributed by atoms with van der Waals surface area (Å²) >= 11 is 3.37. The molecule has 2 amide bonds. The smallest absolute Gasteiger partial charge is 0.412 e. The number of phenolic OH excluding ortho intramolecular Hbond substituents is 1. The van der Waals surface area contributed by atoms with E-state index >= 15 is 0 Å². The Morgan fingerprint density at radius 1 is 1.08 bits per heavy atom. The number of para-hydroxylation sites is 2. The van der Waals surface area contributed by atoms with Gasteiger partial charge in [-0.15, -0.1) is 0 Å². The molecule has 0 unspecified atom stereocenters. The molecule has 0 fully saturated rings. The maximum absolute atomic E-state index is 12.8. The summed E-state index contributed by atoms with van der Waals surface area (Å²) in [6.45, 7) is 3.93. The maximum atomic E-state index is 12.8. The van der Waals surface area contributed by atoms with Gasteiger partial charge in [0.05, 0.1) is 18.5 Å². The summed E-state index contributed by atoms with van der Waals surface area (Å²) in [4.78, 5) is 25.2. The van der Waals surface area contributed by atoms with Crippen LogP contribution < -0.4 is 21.1 Å². The Labute approximate surface area is 231 Å². The molecule has 3 aromatic carbocycles. The zero-order chi connectivity index (χ0) is 27.7. The SMILES string of the molecule is COc1ccc([C@@H](OC(=O)Nc2ccc(Br)cc2)C(C)(C)CC/C=C/C(=O)Nc2ccccc2N)cc1O. The molecule has 0 aliphatic carbocycles. The zero-order valence-corrected chi connectivity index (χ0v) is 23.1. The highest BCUT2D eigenvalue weighted by atomic mass is 79.9. The van der Waals surface area contributed by atoms with E-state index in [1.54, 1.807) is 54.6 Å². The number of hydrogen-bond acceptors (Lipinski definition) is 6. The van der Waals surface area contributed by atoms with Gasteiger partial charge in [0.1, 0.15) is 6.10 Å². The van der Waals surface area contributed by atoms with Gasteiger partial charge >= 0.3 is 6.09 Å². The van der Waals surface area contributed by atoms with Crippen LogP contribution in [0, 0.1) is 5.41 Å². The van der Waals surface area contributed by atoms with E-state index in [9.17, 15) is 14.7 Å². The van der Waals surface area contributed by atoms with Crippen molar-refractivity contribution in [2.75, 3.05) is 23.5 Å². The van der Waals surface area contributed by atoms with Gasteiger partial charge in [-0.25, -0.2) is 4.79 Å². The number of phenols is 1. The molecule has 0 radical (unpaired) electrons. The third-order valence-electron chi connectivity index (χ3n) is 5.97. The van der Waals surface area contributed by atoms with E-state index in [-0.39, 0.29) is 11.7 Å². The molecule has 1 atom stereocenters. The first-order chi connectivity index (χ1) is 18.1. The Balaban J connectivity index is 1.72. The summed E-state index contributed by atoms with van der Waals surface area (Å²) < 4.78 is 11.9. The molecule has 5 N–H and O–H groups in total. The number of hydrogen-bond donors (Lipinski definition) is 4. The van der Waals surface area contributed by atoms with E-state index in [1.807, 2.05) is 26.0 Å². The summed E-state index contributed by atoms with van der Waals surface area (Å²) in [5.74, 6) is -0.0282. The minimum absolute atomic E-state index is 0.0560. The molecule has 0 saturated heterocycles. The number of rotatable bonds is 10. The molecular weight excluding hydrogens is 550 g/mol. The highest BCUT2D eigenvalue weighted by Crippen LogP contribution is 2.43. The van der Waals surface area contributed by atoms with E-state index in [1.165, 1.54) is 19.3 Å². The lowest BCUT2D eigenvalue weighted by molar-refractivity contribution is -0.111. The van der Waals surface area contributed by atoms with Crippen LogP contribution >= 0.6 is 15.9 Å². The molecule has 0 heterocycles. The average Bonchev–Trinajstić information content (AvgIpc) is 2.88. The van der Waals surface area contributed by atoms with E-state index < -0.39 is 17.6 Å². The number of nitrogens with two attached hydrogens (primary N) is 1. The molecule has 3 rings (SSSR count). The topological polar surface area (TPSA) is 123 Å². The number of amides is 2. The molecule has 0 bridgehead atoms. The molecule has 38 heavy (non-hydrogen) atoms. The van der Waals surface area contributed by atoms with Crippen molar-refractivity contribution in [2.45, 2.75) is 32.8 Å². The highest BCUT2D eigenvalue weighted by Gasteiger charge is 2.34. The quantitative estimate of drug-likeness (QED) is 0.150. The summed E-state index contributed by atoms with van der Waals surface area (Å²) in [7, 11) is 1.47. The molecule has 0 aromatic heterocycles. The van der Waals surface area contributed by atoms with Crippen LogP contribution in [0.1, 0.15) is 38.4 Å². The molecule has 3 aromatic rings. The van der Waals surface area contributed by atoms with Crippen LogP contribution in [0.5, 0.6) is 11.5 Å². The Kier molecular flexibility index (Phi) is 9.78. The molecular formula is C29H32BrN3O5. The molecule has 200 valence electrons. The Hall–Kier alpha value is -3.98. The van der Waals surface area contributed by atoms with Crippen LogP contribution in [0.4, 0.5) is 21.9 Å². The first kappa shape index (κ1) is 28.6. The predicted molar refractivity (Wildman–Crippen MR) is 153 cm³/mol. The fourth-order valence-electron chi connectivity index (χ4n) is 3.90. The van der Waals surface area contributed by atoms with Crippen LogP contribution in [-0.4, -0.2) is 24.2 Å². The van der Waals surface area contributed by atoms with Gasteiger partial charge in [-0.2, -0.15) is 0 Å². The summed E-state index contributed by atoms with van der Waals surface area (Å²) in [6, 6.07) is 19.1. The normalized spacial score (nSPS) is 12.1. The first-order valence-corrected chi connectivity index (χ1v) is 12.8. The van der Waals surface area contributed by atoms with Gasteiger partial charge in [-0.1, -0.05) is 54.1 Å². The van der Waals surface area contributed by atoms with Gasteiger partial charge in [0.25, 0.3) is 0 Å². The molecule has 9 heteroatoms. The second-order valence-corrected chi connectivity index (χ2v) is 10.3. The Morgan fingerprint density at radius 2 is 1.79 bits per heavy atom. The number of carbonyl (C=O) groups is 2. The third-order valence-corrected chi connectivity index (χ3v) is 6.50. The van der Waals surface area contributed by atoms with E-state index in [2.05, 4.69) is 26.6 Å². The number of benzene rings is 3. The van der Waals surface area contributed by atoms with Gasteiger partial charge < -0.3 is 25.6 Å². The monoisotopic (exact) mass is 581 g/mol. The summed E-state index contributed by atoms with van der Waals surface area (Å²) in [5, 5.41) is 15.9. The zero-order valence-electron chi connectivity index (χ0n) is 21.5. The number of aromatic hydroxyl groups is 1. The molecule has 0 saturated carbocycles. The van der Waals surface area contributed by atoms with Crippen LogP contribution in [0.25, 0.3) is 0 Å². The third kappa shape index (κ3) is 8.01. The maximum Gasteiger partial charge on any atom is 0.412 e. The average molecular weight is 582 g/mol. The lowest BCUT2D eigenvalue weighted by Gasteiger charge is -2.34. The second kappa shape index (κ2) is 13.0. The van der Waals surface area contributed by atoms with Gasteiger partial charge in [-0.3, -0.25) is 10.1 Å². The highest BCUT2D eigenvalue weighted by molar-refractivity contribution is 9.10. The lowest BCUT2D eigenvalue weighted by Crippen LogP contribution is -2.29.